The SMILES string of the molecule is COc1cc(CCO)c2c(c1C)OCO2. The fourth-order valence-corrected chi connectivity index (χ4v) is 1.76. The van der Waals surface area contributed by atoms with E-state index >= 15 is 0 Å². The molecule has 0 saturated heterocycles. The number of aliphatic hydroxyl groups is 1. The van der Waals surface area contributed by atoms with Crippen molar-refractivity contribution >= 4 is 0 Å². The molecule has 0 amide bonds. The molecule has 0 atom stereocenters. The van der Waals surface area contributed by atoms with Gasteiger partial charge in [-0.05, 0) is 19.4 Å². The van der Waals surface area contributed by atoms with Crippen molar-refractivity contribution in [2.24, 2.45) is 0 Å². The van der Waals surface area contributed by atoms with Crippen LogP contribution < -0.4 is 14.2 Å². The van der Waals surface area contributed by atoms with Crippen molar-refractivity contribution in [1.29, 1.82) is 0 Å². The van der Waals surface area contributed by atoms with Crippen LogP contribution in [0.3, 0.4) is 0 Å². The monoisotopic (exact) mass is 210 g/mol. The molecule has 0 saturated carbocycles. The van der Waals surface area contributed by atoms with Crippen molar-refractivity contribution in [1.82, 2.24) is 0 Å². The largest absolute Gasteiger partial charge is 0.496 e. The zero-order valence-electron chi connectivity index (χ0n) is 8.87. The number of hydrogen-bond donors (Lipinski definition) is 1. The minimum Gasteiger partial charge on any atom is -0.496 e. The third-order valence-corrected chi connectivity index (χ3v) is 2.52. The molecule has 1 aromatic carbocycles. The minimum atomic E-state index is 0.0853. The highest BCUT2D eigenvalue weighted by Gasteiger charge is 2.23. The standard InChI is InChI=1S/C11H14O4/c1-7-9(13-2)5-8(3-4-12)11-10(7)14-6-15-11/h5,12H,3-4,6H2,1-2H3. The molecule has 1 N–H and O–H groups in total. The maximum Gasteiger partial charge on any atom is 0.231 e. The van der Waals surface area contributed by atoms with Crippen LogP contribution in [0.4, 0.5) is 0 Å². The molecular weight excluding hydrogens is 196 g/mol. The summed E-state index contributed by atoms with van der Waals surface area (Å²) in [6.45, 7) is 2.25. The molecule has 0 aromatic heterocycles. The average Bonchev–Trinajstić information content (AvgIpc) is 2.71. The molecule has 4 nitrogen and oxygen atoms in total. The van der Waals surface area contributed by atoms with Gasteiger partial charge in [-0.3, -0.25) is 0 Å². The maximum absolute atomic E-state index is 8.95. The average molecular weight is 210 g/mol. The van der Waals surface area contributed by atoms with Crippen molar-refractivity contribution in [3.8, 4) is 17.2 Å². The Morgan fingerprint density at radius 1 is 1.40 bits per heavy atom. The molecular formula is C11H14O4. The van der Waals surface area contributed by atoms with Gasteiger partial charge in [0.25, 0.3) is 0 Å². The van der Waals surface area contributed by atoms with Gasteiger partial charge in [-0.25, -0.2) is 0 Å². The Labute approximate surface area is 88.4 Å². The van der Waals surface area contributed by atoms with Crippen LogP contribution in [-0.2, 0) is 6.42 Å². The Bertz CT molecular complexity index is 373. The van der Waals surface area contributed by atoms with Crippen molar-refractivity contribution < 1.29 is 19.3 Å². The molecule has 15 heavy (non-hydrogen) atoms. The Kier molecular flexibility index (Phi) is 2.68. The summed E-state index contributed by atoms with van der Waals surface area (Å²) in [4.78, 5) is 0. The highest BCUT2D eigenvalue weighted by molar-refractivity contribution is 5.59. The third-order valence-electron chi connectivity index (χ3n) is 2.52. The topological polar surface area (TPSA) is 47.9 Å². The lowest BCUT2D eigenvalue weighted by atomic mass is 10.1. The van der Waals surface area contributed by atoms with Crippen molar-refractivity contribution in [2.75, 3.05) is 20.5 Å². The molecule has 2 rings (SSSR count). The number of fused-ring (bicyclic) bond motifs is 1. The molecule has 4 heteroatoms. The quantitative estimate of drug-likeness (QED) is 0.816. The van der Waals surface area contributed by atoms with E-state index in [0.29, 0.717) is 6.42 Å². The van der Waals surface area contributed by atoms with Gasteiger partial charge in [0.05, 0.1) is 7.11 Å². The zero-order chi connectivity index (χ0) is 10.8. The first-order valence-electron chi connectivity index (χ1n) is 4.85. The van der Waals surface area contributed by atoms with Crippen LogP contribution in [-0.4, -0.2) is 25.6 Å². The van der Waals surface area contributed by atoms with Gasteiger partial charge in [-0.15, -0.1) is 0 Å². The number of rotatable bonds is 3. The first-order valence-corrected chi connectivity index (χ1v) is 4.85. The highest BCUT2D eigenvalue weighted by atomic mass is 16.7. The molecule has 0 unspecified atom stereocenters. The van der Waals surface area contributed by atoms with Gasteiger partial charge in [0.15, 0.2) is 11.5 Å². The van der Waals surface area contributed by atoms with Crippen LogP contribution >= 0.6 is 0 Å². The third kappa shape index (κ3) is 1.61. The number of methoxy groups -OCH3 is 1. The second kappa shape index (κ2) is 3.98. The lowest BCUT2D eigenvalue weighted by molar-refractivity contribution is 0.172. The predicted octanol–water partition coefficient (Wildman–Crippen LogP) is 1.27. The summed E-state index contributed by atoms with van der Waals surface area (Å²) in [7, 11) is 1.62. The number of benzene rings is 1. The van der Waals surface area contributed by atoms with Crippen molar-refractivity contribution in [3.05, 3.63) is 17.2 Å². The Hall–Kier alpha value is -1.42. The molecule has 82 valence electrons. The first kappa shape index (κ1) is 10.1. The van der Waals surface area contributed by atoms with E-state index < -0.39 is 0 Å². The van der Waals surface area contributed by atoms with Gasteiger partial charge >= 0.3 is 0 Å². The summed E-state index contributed by atoms with van der Waals surface area (Å²) in [5.74, 6) is 2.24. The minimum absolute atomic E-state index is 0.0853. The van der Waals surface area contributed by atoms with E-state index in [4.69, 9.17) is 19.3 Å². The summed E-state index contributed by atoms with van der Waals surface area (Å²) in [6.07, 6.45) is 0.544. The smallest absolute Gasteiger partial charge is 0.231 e. The van der Waals surface area contributed by atoms with Crippen LogP contribution in [0.5, 0.6) is 17.2 Å². The maximum atomic E-state index is 8.95. The second-order valence-corrected chi connectivity index (χ2v) is 3.40. The van der Waals surface area contributed by atoms with E-state index in [1.54, 1.807) is 7.11 Å². The van der Waals surface area contributed by atoms with E-state index in [-0.39, 0.29) is 13.4 Å². The predicted molar refractivity (Wildman–Crippen MR) is 54.6 cm³/mol. The summed E-state index contributed by atoms with van der Waals surface area (Å²) in [6, 6.07) is 1.89. The van der Waals surface area contributed by atoms with Gasteiger partial charge < -0.3 is 19.3 Å². The summed E-state index contributed by atoms with van der Waals surface area (Å²) >= 11 is 0. The summed E-state index contributed by atoms with van der Waals surface area (Å²) in [5, 5.41) is 8.95. The lowest BCUT2D eigenvalue weighted by Gasteiger charge is -2.11. The Morgan fingerprint density at radius 2 is 2.13 bits per heavy atom. The molecule has 0 bridgehead atoms. The van der Waals surface area contributed by atoms with Gasteiger partial charge in [0.1, 0.15) is 5.75 Å². The van der Waals surface area contributed by atoms with Gasteiger partial charge in [0.2, 0.25) is 6.79 Å². The van der Waals surface area contributed by atoms with E-state index in [1.165, 1.54) is 0 Å². The first-order chi connectivity index (χ1) is 7.27. The van der Waals surface area contributed by atoms with E-state index in [1.807, 2.05) is 13.0 Å². The van der Waals surface area contributed by atoms with Crippen LogP contribution in [0, 0.1) is 6.92 Å². The Balaban J connectivity index is 2.51. The zero-order valence-corrected chi connectivity index (χ0v) is 8.87. The van der Waals surface area contributed by atoms with Crippen molar-refractivity contribution in [3.63, 3.8) is 0 Å². The molecule has 0 fully saturated rings. The van der Waals surface area contributed by atoms with Gasteiger partial charge in [-0.2, -0.15) is 0 Å². The van der Waals surface area contributed by atoms with Crippen LogP contribution in [0.25, 0.3) is 0 Å². The Morgan fingerprint density at radius 3 is 2.80 bits per heavy atom. The van der Waals surface area contributed by atoms with Crippen LogP contribution in [0.1, 0.15) is 11.1 Å². The molecule has 1 aliphatic heterocycles. The normalized spacial score (nSPS) is 13.0. The molecule has 0 aliphatic carbocycles. The highest BCUT2D eigenvalue weighted by Crippen LogP contribution is 2.43. The van der Waals surface area contributed by atoms with Gasteiger partial charge in [0, 0.05) is 17.7 Å². The molecule has 1 heterocycles. The van der Waals surface area contributed by atoms with Crippen molar-refractivity contribution in [2.45, 2.75) is 13.3 Å². The molecule has 1 aliphatic rings. The summed E-state index contributed by atoms with van der Waals surface area (Å²) < 4.78 is 16.0. The molecule has 0 spiro atoms. The molecule has 0 radical (unpaired) electrons. The summed E-state index contributed by atoms with van der Waals surface area (Å²) in [5.41, 5.74) is 1.86. The van der Waals surface area contributed by atoms with E-state index in [0.717, 1.165) is 28.4 Å². The van der Waals surface area contributed by atoms with E-state index in [9.17, 15) is 0 Å². The number of hydrogen-bond acceptors (Lipinski definition) is 4. The van der Waals surface area contributed by atoms with E-state index in [2.05, 4.69) is 0 Å². The fourth-order valence-electron chi connectivity index (χ4n) is 1.76. The number of ether oxygens (including phenoxy) is 3. The van der Waals surface area contributed by atoms with Crippen LogP contribution in [0.15, 0.2) is 6.07 Å². The lowest BCUT2D eigenvalue weighted by Crippen LogP contribution is -1.97. The fraction of sp³-hybridized carbons (Fsp3) is 0.455. The van der Waals surface area contributed by atoms with Gasteiger partial charge in [-0.1, -0.05) is 0 Å². The van der Waals surface area contributed by atoms with Crippen LogP contribution in [0.2, 0.25) is 0 Å². The molecule has 1 aromatic rings. The number of aliphatic hydroxyl groups excluding tert-OH is 1. The second-order valence-electron chi connectivity index (χ2n) is 3.40.